The molecule has 34 heavy (non-hydrogen) atoms. The summed E-state index contributed by atoms with van der Waals surface area (Å²) in [6.45, 7) is 1.86. The minimum Gasteiger partial charge on any atom is -0.382 e. The molecule has 1 aromatic heterocycles. The second kappa shape index (κ2) is 7.92. The van der Waals surface area contributed by atoms with Gasteiger partial charge in [-0.2, -0.15) is 12.5 Å². The van der Waals surface area contributed by atoms with Gasteiger partial charge in [-0.25, -0.2) is 8.78 Å². The van der Waals surface area contributed by atoms with Crippen molar-refractivity contribution in [3.8, 4) is 0 Å². The highest BCUT2D eigenvalue weighted by molar-refractivity contribution is 7.89. The van der Waals surface area contributed by atoms with Crippen molar-refractivity contribution in [1.29, 1.82) is 0 Å². The van der Waals surface area contributed by atoms with Crippen LogP contribution in [0.3, 0.4) is 0 Å². The Kier molecular flexibility index (Phi) is 5.13. The molecule has 0 saturated carbocycles. The van der Waals surface area contributed by atoms with Crippen molar-refractivity contribution in [2.45, 2.75) is 23.7 Å². The fourth-order valence-electron chi connectivity index (χ4n) is 4.46. The second-order valence-corrected chi connectivity index (χ2v) is 10.2. The first-order valence-corrected chi connectivity index (χ1v) is 12.1. The van der Waals surface area contributed by atoms with Crippen molar-refractivity contribution < 1.29 is 17.2 Å². The van der Waals surface area contributed by atoms with Gasteiger partial charge in [0.25, 0.3) is 10.0 Å². The van der Waals surface area contributed by atoms with E-state index in [-0.39, 0.29) is 17.1 Å². The Balaban J connectivity index is 1.73. The average Bonchev–Trinajstić information content (AvgIpc) is 3.15. The molecule has 1 aliphatic rings. The molecule has 0 unspecified atom stereocenters. The van der Waals surface area contributed by atoms with E-state index >= 15 is 0 Å². The molecule has 4 aromatic rings. The summed E-state index contributed by atoms with van der Waals surface area (Å²) in [5, 5.41) is 4.16. The van der Waals surface area contributed by atoms with Gasteiger partial charge in [0.15, 0.2) is 5.82 Å². The van der Waals surface area contributed by atoms with Gasteiger partial charge in [0.2, 0.25) is 0 Å². The lowest BCUT2D eigenvalue weighted by Crippen LogP contribution is -2.33. The van der Waals surface area contributed by atoms with E-state index in [1.54, 1.807) is 48.6 Å². The summed E-state index contributed by atoms with van der Waals surface area (Å²) in [5.74, 6) is -0.838. The van der Waals surface area contributed by atoms with Crippen LogP contribution in [0, 0.1) is 18.6 Å². The van der Waals surface area contributed by atoms with E-state index < -0.39 is 27.1 Å². The summed E-state index contributed by atoms with van der Waals surface area (Å²) in [7, 11) is -4.06. The molecular weight excluding hydrogens is 456 g/mol. The number of fused-ring (bicyclic) bond motifs is 1. The Morgan fingerprint density at radius 2 is 1.53 bits per heavy atom. The monoisotopic (exact) mass is 477 g/mol. The fraction of sp³-hybridized carbons (Fsp3) is 0.115. The van der Waals surface area contributed by atoms with Crippen LogP contribution in [0.4, 0.5) is 14.6 Å². The Morgan fingerprint density at radius 3 is 2.09 bits per heavy atom. The van der Waals surface area contributed by atoms with Crippen LogP contribution in [-0.2, 0) is 21.9 Å². The number of nitrogens with two attached hydrogens (primary N) is 1. The number of aryl methyl sites for hydroxylation is 1. The number of aromatic nitrogens is 2. The first kappa shape index (κ1) is 22.0. The van der Waals surface area contributed by atoms with Crippen molar-refractivity contribution in [3.05, 3.63) is 118 Å². The van der Waals surface area contributed by atoms with Crippen LogP contribution >= 0.6 is 0 Å². The molecule has 0 atom stereocenters. The molecule has 1 heterocycles. The van der Waals surface area contributed by atoms with Crippen molar-refractivity contribution in [2.75, 3.05) is 5.73 Å². The molecule has 2 N–H and O–H groups in total. The summed E-state index contributed by atoms with van der Waals surface area (Å²) >= 11 is 0. The summed E-state index contributed by atoms with van der Waals surface area (Å²) in [5.41, 5.74) is 7.91. The van der Waals surface area contributed by atoms with Crippen LogP contribution in [0.5, 0.6) is 0 Å². The zero-order valence-corrected chi connectivity index (χ0v) is 19.1. The van der Waals surface area contributed by atoms with Crippen molar-refractivity contribution in [2.24, 2.45) is 0 Å². The van der Waals surface area contributed by atoms with E-state index in [0.29, 0.717) is 22.4 Å². The number of allylic oxidation sites excluding steroid dienone is 1. The largest absolute Gasteiger partial charge is 0.382 e. The van der Waals surface area contributed by atoms with E-state index in [4.69, 9.17) is 5.73 Å². The van der Waals surface area contributed by atoms with Crippen molar-refractivity contribution in [3.63, 3.8) is 0 Å². The molecule has 0 amide bonds. The number of nitrogens with zero attached hydrogens (tertiary/aromatic N) is 2. The number of rotatable bonds is 4. The zero-order valence-electron chi connectivity index (χ0n) is 18.2. The van der Waals surface area contributed by atoms with E-state index in [9.17, 15) is 17.2 Å². The molecule has 5 rings (SSSR count). The Morgan fingerprint density at radius 1 is 0.941 bits per heavy atom. The first-order chi connectivity index (χ1) is 16.2. The lowest BCUT2D eigenvalue weighted by atomic mass is 9.68. The summed E-state index contributed by atoms with van der Waals surface area (Å²) < 4.78 is 56.5. The van der Waals surface area contributed by atoms with E-state index in [2.05, 4.69) is 5.10 Å². The number of halogens is 2. The summed E-state index contributed by atoms with van der Waals surface area (Å²) in [4.78, 5) is 0.0695. The van der Waals surface area contributed by atoms with Crippen LogP contribution in [0.25, 0.3) is 6.08 Å². The SMILES string of the molecule is Cc1ccc(S(=O)(=O)n2nc(N)c3c2CC(c2cccc(F)c2)(c2cccc(F)c2)C=C3)cc1. The van der Waals surface area contributed by atoms with Gasteiger partial charge in [-0.15, -0.1) is 5.10 Å². The Hall–Kier alpha value is -3.78. The maximum atomic E-state index is 14.3. The third kappa shape index (κ3) is 3.51. The van der Waals surface area contributed by atoms with Crippen LogP contribution in [0.15, 0.2) is 83.8 Å². The number of anilines is 1. The number of hydrogen-bond donors (Lipinski definition) is 1. The van der Waals surface area contributed by atoms with Crippen LogP contribution in [0.1, 0.15) is 27.9 Å². The van der Waals surface area contributed by atoms with Gasteiger partial charge < -0.3 is 5.73 Å². The van der Waals surface area contributed by atoms with Gasteiger partial charge in [0, 0.05) is 17.4 Å². The zero-order chi connectivity index (χ0) is 24.1. The van der Waals surface area contributed by atoms with Crippen LogP contribution in [-0.4, -0.2) is 17.6 Å². The predicted octanol–water partition coefficient (Wildman–Crippen LogP) is 4.84. The van der Waals surface area contributed by atoms with Gasteiger partial charge in [-0.1, -0.05) is 54.1 Å². The predicted molar refractivity (Wildman–Crippen MR) is 127 cm³/mol. The molecule has 5 nitrogen and oxygen atoms in total. The van der Waals surface area contributed by atoms with E-state index in [1.807, 2.05) is 6.92 Å². The minimum atomic E-state index is -4.06. The molecule has 8 heteroatoms. The van der Waals surface area contributed by atoms with Gasteiger partial charge in [-0.3, -0.25) is 0 Å². The Labute approximate surface area is 196 Å². The highest BCUT2D eigenvalue weighted by Crippen LogP contribution is 2.43. The maximum absolute atomic E-state index is 14.3. The van der Waals surface area contributed by atoms with E-state index in [1.165, 1.54) is 36.4 Å². The van der Waals surface area contributed by atoms with Crippen molar-refractivity contribution >= 4 is 21.9 Å². The van der Waals surface area contributed by atoms with Crippen molar-refractivity contribution in [1.82, 2.24) is 9.19 Å². The molecule has 0 saturated heterocycles. The molecule has 0 aliphatic heterocycles. The third-order valence-corrected chi connectivity index (χ3v) is 7.85. The van der Waals surface area contributed by atoms with E-state index in [0.717, 1.165) is 9.65 Å². The molecule has 0 fully saturated rings. The lowest BCUT2D eigenvalue weighted by molar-refractivity contribution is 0.558. The number of hydrogen-bond acceptors (Lipinski definition) is 4. The molecule has 172 valence electrons. The van der Waals surface area contributed by atoms with Crippen LogP contribution < -0.4 is 5.73 Å². The normalized spacial score (nSPS) is 14.7. The van der Waals surface area contributed by atoms with Crippen LogP contribution in [0.2, 0.25) is 0 Å². The molecule has 1 aliphatic carbocycles. The molecule has 0 radical (unpaired) electrons. The molecule has 3 aromatic carbocycles. The summed E-state index contributed by atoms with van der Waals surface area (Å²) in [6, 6.07) is 18.5. The molecular formula is C26H21F2N3O2S. The maximum Gasteiger partial charge on any atom is 0.283 e. The third-order valence-electron chi connectivity index (χ3n) is 6.22. The number of benzene rings is 3. The molecule has 0 spiro atoms. The van der Waals surface area contributed by atoms with Gasteiger partial charge in [-0.05, 0) is 54.4 Å². The highest BCUT2D eigenvalue weighted by atomic mass is 32.2. The second-order valence-electron chi connectivity index (χ2n) is 8.41. The average molecular weight is 478 g/mol. The molecule has 0 bridgehead atoms. The smallest absolute Gasteiger partial charge is 0.283 e. The number of nitrogen functional groups attached to an aromatic ring is 1. The first-order valence-electron chi connectivity index (χ1n) is 10.6. The lowest BCUT2D eigenvalue weighted by Gasteiger charge is -2.35. The Bertz CT molecular complexity index is 1500. The highest BCUT2D eigenvalue weighted by Gasteiger charge is 2.39. The summed E-state index contributed by atoms with van der Waals surface area (Å²) in [6.07, 6.45) is 3.57. The minimum absolute atomic E-state index is 0.0639. The topological polar surface area (TPSA) is 78.0 Å². The van der Waals surface area contributed by atoms with Gasteiger partial charge in [0.1, 0.15) is 11.6 Å². The standard InChI is InChI=1S/C26H21F2N3O2S/c1-17-8-10-22(11-9-17)34(32,33)31-24-16-26(13-12-23(24)25(29)30-31,18-4-2-6-20(27)14-18)19-5-3-7-21(28)15-19/h2-15H,16H2,1H3,(H2,29,30). The quantitative estimate of drug-likeness (QED) is 0.456. The van der Waals surface area contributed by atoms with Gasteiger partial charge >= 0.3 is 0 Å². The fourth-order valence-corrected chi connectivity index (χ4v) is 5.79. The van der Waals surface area contributed by atoms with Gasteiger partial charge in [0.05, 0.1) is 10.6 Å².